The molecule has 0 unspecified atom stereocenters. The first-order chi connectivity index (χ1) is 10.5. The Morgan fingerprint density at radius 1 is 1.14 bits per heavy atom. The smallest absolute Gasteiger partial charge is 0.319 e. The molecular weight excluding hydrogens is 300 g/mol. The zero-order chi connectivity index (χ0) is 15.3. The molecule has 0 saturated heterocycles. The molecule has 1 aromatic rings. The zero-order valence-corrected chi connectivity index (χ0v) is 13.2. The van der Waals surface area contributed by atoms with Crippen LogP contribution in [0.2, 0.25) is 5.02 Å². The fraction of sp³-hybridized carbons (Fsp3) is 0.588. The van der Waals surface area contributed by atoms with Crippen LogP contribution in [0.25, 0.3) is 0 Å². The van der Waals surface area contributed by atoms with Gasteiger partial charge in [-0.05, 0) is 68.4 Å². The van der Waals surface area contributed by atoms with Crippen LogP contribution in [-0.2, 0) is 0 Å². The predicted octanol–water partition coefficient (Wildman–Crippen LogP) is 4.14. The monoisotopic (exact) mass is 320 g/mol. The number of carbonyl (C=O) groups is 1. The number of amides is 2. The van der Waals surface area contributed by atoms with Gasteiger partial charge in [0.1, 0.15) is 5.75 Å². The Morgan fingerprint density at radius 2 is 1.73 bits per heavy atom. The number of phenolic OH excluding ortho intramolecular Hbond substituents is 1. The average Bonchev–Trinajstić information content (AvgIpc) is 2.40. The summed E-state index contributed by atoms with van der Waals surface area (Å²) in [5.74, 6) is 2.46. The molecule has 22 heavy (non-hydrogen) atoms. The molecule has 4 aliphatic rings. The summed E-state index contributed by atoms with van der Waals surface area (Å²) in [5.41, 5.74) is 0.422. The molecule has 0 atom stereocenters. The highest BCUT2D eigenvalue weighted by atomic mass is 35.5. The predicted molar refractivity (Wildman–Crippen MR) is 86.2 cm³/mol. The maximum absolute atomic E-state index is 12.4. The average molecular weight is 321 g/mol. The summed E-state index contributed by atoms with van der Waals surface area (Å²) in [6.45, 7) is 0. The topological polar surface area (TPSA) is 61.4 Å². The summed E-state index contributed by atoms with van der Waals surface area (Å²) < 4.78 is 0. The van der Waals surface area contributed by atoms with Gasteiger partial charge in [-0.15, -0.1) is 0 Å². The standard InChI is InChI=1S/C17H21ClN2O2/c18-14-2-1-13(21)6-15(14)19-16(22)20-17-7-10-3-11(8-17)5-12(4-10)9-17/h1-2,6,10-12,21H,3-5,7-9H2,(H2,19,20,22). The van der Waals surface area contributed by atoms with E-state index in [1.54, 1.807) is 6.07 Å². The summed E-state index contributed by atoms with van der Waals surface area (Å²) >= 11 is 6.06. The maximum atomic E-state index is 12.4. The lowest BCUT2D eigenvalue weighted by Crippen LogP contribution is -2.60. The van der Waals surface area contributed by atoms with Crippen LogP contribution in [0.5, 0.6) is 5.75 Å². The molecule has 0 heterocycles. The van der Waals surface area contributed by atoms with Gasteiger partial charge in [-0.2, -0.15) is 0 Å². The minimum atomic E-state index is -0.213. The van der Waals surface area contributed by atoms with E-state index in [0.717, 1.165) is 37.0 Å². The van der Waals surface area contributed by atoms with Crippen molar-refractivity contribution in [1.29, 1.82) is 0 Å². The summed E-state index contributed by atoms with van der Waals surface area (Å²) in [7, 11) is 0. The van der Waals surface area contributed by atoms with Gasteiger partial charge in [-0.25, -0.2) is 4.79 Å². The Labute approximate surface area is 135 Å². The first-order valence-electron chi connectivity index (χ1n) is 8.09. The van der Waals surface area contributed by atoms with Gasteiger partial charge in [-0.1, -0.05) is 11.6 Å². The van der Waals surface area contributed by atoms with Crippen molar-refractivity contribution >= 4 is 23.3 Å². The summed E-state index contributed by atoms with van der Waals surface area (Å²) in [4.78, 5) is 12.4. The van der Waals surface area contributed by atoms with Gasteiger partial charge in [0.25, 0.3) is 0 Å². The number of halogens is 1. The molecule has 4 saturated carbocycles. The highest BCUT2D eigenvalue weighted by Crippen LogP contribution is 2.55. The van der Waals surface area contributed by atoms with Gasteiger partial charge >= 0.3 is 6.03 Å². The third-order valence-electron chi connectivity index (χ3n) is 5.62. The normalized spacial score (nSPS) is 35.4. The second-order valence-corrected chi connectivity index (χ2v) is 7.85. The molecule has 0 radical (unpaired) electrons. The lowest BCUT2D eigenvalue weighted by molar-refractivity contribution is -0.0127. The molecule has 4 nitrogen and oxygen atoms in total. The number of rotatable bonds is 2. The van der Waals surface area contributed by atoms with E-state index in [0.29, 0.717) is 10.7 Å². The Bertz CT molecular complexity index is 581. The van der Waals surface area contributed by atoms with E-state index in [2.05, 4.69) is 10.6 Å². The third-order valence-corrected chi connectivity index (χ3v) is 5.94. The minimum absolute atomic E-state index is 0.0257. The molecule has 0 aromatic heterocycles. The summed E-state index contributed by atoms with van der Waals surface area (Å²) in [6, 6.07) is 4.35. The van der Waals surface area contributed by atoms with Gasteiger partial charge < -0.3 is 15.7 Å². The quantitative estimate of drug-likeness (QED) is 0.767. The molecule has 1 aromatic carbocycles. The number of carbonyl (C=O) groups excluding carboxylic acids is 1. The first kappa shape index (κ1) is 14.2. The highest BCUT2D eigenvalue weighted by Gasteiger charge is 2.51. The first-order valence-corrected chi connectivity index (χ1v) is 8.47. The molecule has 0 aliphatic heterocycles. The lowest BCUT2D eigenvalue weighted by Gasteiger charge is -2.56. The number of hydrogen-bond acceptors (Lipinski definition) is 2. The fourth-order valence-corrected chi connectivity index (χ4v) is 5.43. The van der Waals surface area contributed by atoms with E-state index in [1.807, 2.05) is 0 Å². The maximum Gasteiger partial charge on any atom is 0.319 e. The Kier molecular flexibility index (Phi) is 3.26. The number of hydrogen-bond donors (Lipinski definition) is 3. The SMILES string of the molecule is O=C(Nc1cc(O)ccc1Cl)NC12CC3CC(CC(C3)C1)C2. The van der Waals surface area contributed by atoms with Gasteiger partial charge in [0.15, 0.2) is 0 Å². The van der Waals surface area contributed by atoms with Crippen molar-refractivity contribution in [2.45, 2.75) is 44.1 Å². The van der Waals surface area contributed by atoms with Gasteiger partial charge in [0.2, 0.25) is 0 Å². The fourth-order valence-electron chi connectivity index (χ4n) is 5.27. The van der Waals surface area contributed by atoms with Gasteiger partial charge in [0, 0.05) is 11.6 Å². The van der Waals surface area contributed by atoms with E-state index in [1.165, 1.54) is 31.4 Å². The van der Waals surface area contributed by atoms with Crippen LogP contribution < -0.4 is 10.6 Å². The minimum Gasteiger partial charge on any atom is -0.508 e. The van der Waals surface area contributed by atoms with Crippen molar-refractivity contribution in [2.24, 2.45) is 17.8 Å². The van der Waals surface area contributed by atoms with E-state index >= 15 is 0 Å². The van der Waals surface area contributed by atoms with Crippen LogP contribution in [0.1, 0.15) is 38.5 Å². The van der Waals surface area contributed by atoms with Crippen LogP contribution in [0.15, 0.2) is 18.2 Å². The molecule has 4 bridgehead atoms. The van der Waals surface area contributed by atoms with Crippen LogP contribution in [0.4, 0.5) is 10.5 Å². The highest BCUT2D eigenvalue weighted by molar-refractivity contribution is 6.33. The van der Waals surface area contributed by atoms with Crippen molar-refractivity contribution in [3.63, 3.8) is 0 Å². The Hall–Kier alpha value is -1.42. The number of phenols is 1. The molecule has 5 heteroatoms. The largest absolute Gasteiger partial charge is 0.508 e. The van der Waals surface area contributed by atoms with Crippen LogP contribution >= 0.6 is 11.6 Å². The second-order valence-electron chi connectivity index (χ2n) is 7.44. The Balaban J connectivity index is 1.47. The number of urea groups is 1. The number of aromatic hydroxyl groups is 1. The zero-order valence-electron chi connectivity index (χ0n) is 12.4. The van der Waals surface area contributed by atoms with Crippen LogP contribution in [-0.4, -0.2) is 16.7 Å². The van der Waals surface area contributed by atoms with E-state index in [9.17, 15) is 9.90 Å². The van der Waals surface area contributed by atoms with Crippen molar-refractivity contribution in [3.05, 3.63) is 23.2 Å². The molecule has 4 fully saturated rings. The lowest BCUT2D eigenvalue weighted by atomic mass is 9.53. The molecular formula is C17H21ClN2O2. The molecule has 5 rings (SSSR count). The molecule has 4 aliphatic carbocycles. The summed E-state index contributed by atoms with van der Waals surface area (Å²) in [6.07, 6.45) is 7.38. The van der Waals surface area contributed by atoms with Gasteiger partial charge in [-0.3, -0.25) is 0 Å². The summed E-state index contributed by atoms with van der Waals surface area (Å²) in [5, 5.41) is 16.0. The van der Waals surface area contributed by atoms with Crippen molar-refractivity contribution in [2.75, 3.05) is 5.32 Å². The van der Waals surface area contributed by atoms with Crippen molar-refractivity contribution in [3.8, 4) is 5.75 Å². The van der Waals surface area contributed by atoms with Crippen molar-refractivity contribution in [1.82, 2.24) is 5.32 Å². The molecule has 0 spiro atoms. The van der Waals surface area contributed by atoms with E-state index in [-0.39, 0.29) is 17.3 Å². The number of benzene rings is 1. The van der Waals surface area contributed by atoms with Crippen molar-refractivity contribution < 1.29 is 9.90 Å². The Morgan fingerprint density at radius 3 is 2.32 bits per heavy atom. The second kappa shape index (κ2) is 5.05. The number of anilines is 1. The van der Waals surface area contributed by atoms with Crippen LogP contribution in [0, 0.1) is 17.8 Å². The molecule has 2 amide bonds. The van der Waals surface area contributed by atoms with Gasteiger partial charge in [0.05, 0.1) is 10.7 Å². The van der Waals surface area contributed by atoms with E-state index in [4.69, 9.17) is 11.6 Å². The van der Waals surface area contributed by atoms with E-state index < -0.39 is 0 Å². The third kappa shape index (κ3) is 2.54. The number of nitrogens with one attached hydrogen (secondary N) is 2. The molecule has 118 valence electrons. The van der Waals surface area contributed by atoms with Crippen LogP contribution in [0.3, 0.4) is 0 Å². The molecule has 3 N–H and O–H groups in total.